The van der Waals surface area contributed by atoms with Gasteiger partial charge in [-0.2, -0.15) is 0 Å². The van der Waals surface area contributed by atoms with Crippen LogP contribution < -0.4 is 5.73 Å². The third-order valence-electron chi connectivity index (χ3n) is 15.2. The van der Waals surface area contributed by atoms with Crippen molar-refractivity contribution in [3.63, 3.8) is 0 Å². The van der Waals surface area contributed by atoms with Crippen LogP contribution in [0.25, 0.3) is 0 Å². The maximum atomic E-state index is 12.7. The first kappa shape index (κ1) is 77.0. The van der Waals surface area contributed by atoms with Gasteiger partial charge in [0.15, 0.2) is 6.10 Å². The molecule has 0 fully saturated rings. The number of carbonyl (C=O) groups excluding carboxylic acids is 2. The van der Waals surface area contributed by atoms with E-state index in [-0.39, 0.29) is 38.6 Å². The zero-order chi connectivity index (χ0) is 57.3. The normalized spacial score (nSPS) is 13.2. The summed E-state index contributed by atoms with van der Waals surface area (Å²) < 4.78 is 33.1. The first-order valence-corrected chi connectivity index (χ1v) is 35.6. The number of phosphoric acid groups is 1. The Balaban J connectivity index is 3.74. The van der Waals surface area contributed by atoms with Crippen molar-refractivity contribution in [3.8, 4) is 0 Å². The lowest BCUT2D eigenvalue weighted by molar-refractivity contribution is -0.161. The molecule has 0 rings (SSSR count). The molecule has 0 aromatic heterocycles. The summed E-state index contributed by atoms with van der Waals surface area (Å²) in [5.74, 6) is -0.816. The van der Waals surface area contributed by atoms with E-state index >= 15 is 0 Å². The number of hydrogen-bond donors (Lipinski definition) is 2. The van der Waals surface area contributed by atoms with Crippen molar-refractivity contribution < 1.29 is 37.6 Å². The van der Waals surface area contributed by atoms with Crippen molar-refractivity contribution in [1.29, 1.82) is 0 Å². The summed E-state index contributed by atoms with van der Waals surface area (Å²) in [6, 6.07) is 0. The van der Waals surface area contributed by atoms with Gasteiger partial charge in [-0.15, -0.1) is 0 Å². The molecule has 2 atom stereocenters. The lowest BCUT2D eigenvalue weighted by Gasteiger charge is -2.19. The molecule has 0 aromatic carbocycles. The molecule has 464 valence electrons. The Morgan fingerprint density at radius 3 is 0.987 bits per heavy atom. The number of unbranched alkanes of at least 4 members (excludes halogenated alkanes) is 44. The largest absolute Gasteiger partial charge is 0.472 e. The number of rotatable bonds is 65. The van der Waals surface area contributed by atoms with Crippen LogP contribution in [0.15, 0.2) is 48.6 Å². The van der Waals surface area contributed by atoms with Crippen LogP contribution in [0.2, 0.25) is 0 Å². The van der Waals surface area contributed by atoms with Crippen LogP contribution in [-0.4, -0.2) is 49.3 Å². The molecule has 0 heterocycles. The second kappa shape index (κ2) is 65.1. The number of ether oxygens (including phenoxy) is 2. The fourth-order valence-corrected chi connectivity index (χ4v) is 10.9. The van der Waals surface area contributed by atoms with E-state index in [9.17, 15) is 19.0 Å². The van der Waals surface area contributed by atoms with Crippen molar-refractivity contribution in [1.82, 2.24) is 0 Å². The third kappa shape index (κ3) is 65.0. The zero-order valence-corrected chi connectivity index (χ0v) is 53.0. The Kier molecular flexibility index (Phi) is 63.5. The molecule has 0 aliphatic carbocycles. The average Bonchev–Trinajstić information content (AvgIpc) is 3.44. The minimum atomic E-state index is -4.39. The zero-order valence-electron chi connectivity index (χ0n) is 52.1. The molecular formula is C69H130NO8P. The van der Waals surface area contributed by atoms with E-state index in [2.05, 4.69) is 62.5 Å². The number of allylic oxidation sites excluding steroid dienone is 8. The number of carbonyl (C=O) groups is 2. The fraction of sp³-hybridized carbons (Fsp3) is 0.855. The molecule has 10 heteroatoms. The smallest absolute Gasteiger partial charge is 0.462 e. The van der Waals surface area contributed by atoms with Gasteiger partial charge in [-0.25, -0.2) is 4.57 Å². The SMILES string of the molecule is CCCCCCC/C=C\C/C=C\C/C=C\CCCCCCCCCCCCCCCCCCCCCCCCCCCCC(=O)OC(COC(=O)CCCCCCCCC/C=C\CCCCCCCC)COP(=O)(O)OCCN. The molecule has 0 aliphatic rings. The predicted octanol–water partition coefficient (Wildman–Crippen LogP) is 22.1. The molecule has 0 saturated heterocycles. The topological polar surface area (TPSA) is 134 Å². The molecule has 0 radical (unpaired) electrons. The summed E-state index contributed by atoms with van der Waals surface area (Å²) in [5, 5.41) is 0. The van der Waals surface area contributed by atoms with Gasteiger partial charge in [-0.05, 0) is 77.0 Å². The molecule has 3 N–H and O–H groups in total. The maximum absolute atomic E-state index is 12.7. The van der Waals surface area contributed by atoms with Crippen LogP contribution in [0.5, 0.6) is 0 Å². The van der Waals surface area contributed by atoms with Crippen LogP contribution in [0, 0.1) is 0 Å². The fourth-order valence-electron chi connectivity index (χ4n) is 10.1. The predicted molar refractivity (Wildman–Crippen MR) is 340 cm³/mol. The molecule has 0 spiro atoms. The molecule has 9 nitrogen and oxygen atoms in total. The summed E-state index contributed by atoms with van der Waals surface area (Å²) >= 11 is 0. The Labute approximate surface area is 489 Å². The number of hydrogen-bond acceptors (Lipinski definition) is 8. The molecule has 0 saturated carbocycles. The standard InChI is InChI=1S/C69H130NO8P/c1-3-5-7-9-11-13-15-17-19-21-22-23-24-25-26-27-28-29-30-31-32-33-34-35-36-37-38-39-40-41-42-43-44-46-48-50-52-54-56-58-60-62-69(72)78-67(66-77-79(73,74)76-64-63-70)65-75-68(71)61-59-57-55-53-51-49-47-45-20-18-16-14-12-10-8-6-4-2/h15,17-18,20-22,24-25,67H,3-14,16,19,23,26-66,70H2,1-2H3,(H,73,74)/b17-15-,20-18-,22-21-,25-24-. The average molecular weight is 1130 g/mol. The van der Waals surface area contributed by atoms with Crippen molar-refractivity contribution in [2.75, 3.05) is 26.4 Å². The van der Waals surface area contributed by atoms with Crippen LogP contribution in [0.1, 0.15) is 348 Å². The Morgan fingerprint density at radius 1 is 0.380 bits per heavy atom. The molecule has 79 heavy (non-hydrogen) atoms. The first-order chi connectivity index (χ1) is 38.8. The Hall–Kier alpha value is -2.03. The highest BCUT2D eigenvalue weighted by Gasteiger charge is 2.26. The third-order valence-corrected chi connectivity index (χ3v) is 16.2. The van der Waals surface area contributed by atoms with Gasteiger partial charge in [0.1, 0.15) is 6.61 Å². The number of phosphoric ester groups is 1. The molecular weight excluding hydrogens is 1000 g/mol. The van der Waals surface area contributed by atoms with Gasteiger partial charge in [-0.3, -0.25) is 18.6 Å². The molecule has 0 aliphatic heterocycles. The Morgan fingerprint density at radius 2 is 0.658 bits per heavy atom. The quantitative estimate of drug-likeness (QED) is 0.0264. The minimum absolute atomic E-state index is 0.0545. The van der Waals surface area contributed by atoms with Crippen molar-refractivity contribution in [3.05, 3.63) is 48.6 Å². The van der Waals surface area contributed by atoms with Gasteiger partial charge in [-0.1, -0.05) is 306 Å². The van der Waals surface area contributed by atoms with Crippen LogP contribution in [-0.2, 0) is 32.7 Å². The van der Waals surface area contributed by atoms with Crippen molar-refractivity contribution >= 4 is 19.8 Å². The number of esters is 2. The van der Waals surface area contributed by atoms with Gasteiger partial charge in [0, 0.05) is 19.4 Å². The van der Waals surface area contributed by atoms with Gasteiger partial charge >= 0.3 is 19.8 Å². The lowest BCUT2D eigenvalue weighted by atomic mass is 10.0. The van der Waals surface area contributed by atoms with Crippen LogP contribution >= 0.6 is 7.82 Å². The maximum Gasteiger partial charge on any atom is 0.472 e. The van der Waals surface area contributed by atoms with E-state index in [0.29, 0.717) is 6.42 Å². The summed E-state index contributed by atoms with van der Waals surface area (Å²) in [6.45, 7) is 3.77. The number of nitrogens with two attached hydrogens (primary N) is 1. The minimum Gasteiger partial charge on any atom is -0.462 e. The summed E-state index contributed by atoms with van der Waals surface area (Å²) in [7, 11) is -4.39. The van der Waals surface area contributed by atoms with Gasteiger partial charge in [0.25, 0.3) is 0 Å². The second-order valence-electron chi connectivity index (χ2n) is 23.0. The van der Waals surface area contributed by atoms with E-state index in [1.54, 1.807) is 0 Å². The summed E-state index contributed by atoms with van der Waals surface area (Å²) in [5.41, 5.74) is 5.39. The highest BCUT2D eigenvalue weighted by atomic mass is 31.2. The van der Waals surface area contributed by atoms with E-state index < -0.39 is 26.5 Å². The molecule has 2 unspecified atom stereocenters. The Bertz CT molecular complexity index is 1430. The van der Waals surface area contributed by atoms with E-state index in [4.69, 9.17) is 24.3 Å². The van der Waals surface area contributed by atoms with E-state index in [1.165, 1.54) is 257 Å². The monoisotopic (exact) mass is 1130 g/mol. The van der Waals surface area contributed by atoms with Crippen LogP contribution in [0.4, 0.5) is 0 Å². The van der Waals surface area contributed by atoms with E-state index in [1.807, 2.05) is 0 Å². The van der Waals surface area contributed by atoms with E-state index in [0.717, 1.165) is 57.8 Å². The highest BCUT2D eigenvalue weighted by Crippen LogP contribution is 2.43. The second-order valence-corrected chi connectivity index (χ2v) is 24.5. The summed E-state index contributed by atoms with van der Waals surface area (Å²) in [6.07, 6.45) is 82.2. The summed E-state index contributed by atoms with van der Waals surface area (Å²) in [4.78, 5) is 35.2. The van der Waals surface area contributed by atoms with Gasteiger partial charge in [0.2, 0.25) is 0 Å². The van der Waals surface area contributed by atoms with Crippen molar-refractivity contribution in [2.24, 2.45) is 5.73 Å². The lowest BCUT2D eigenvalue weighted by Crippen LogP contribution is -2.29. The highest BCUT2D eigenvalue weighted by molar-refractivity contribution is 7.47. The van der Waals surface area contributed by atoms with Gasteiger partial charge in [0.05, 0.1) is 13.2 Å². The molecule has 0 aromatic rings. The molecule has 0 amide bonds. The molecule has 0 bridgehead atoms. The van der Waals surface area contributed by atoms with Crippen molar-refractivity contribution in [2.45, 2.75) is 354 Å². The van der Waals surface area contributed by atoms with Crippen LogP contribution in [0.3, 0.4) is 0 Å². The first-order valence-electron chi connectivity index (χ1n) is 34.1. The van der Waals surface area contributed by atoms with Gasteiger partial charge < -0.3 is 20.1 Å².